The first kappa shape index (κ1) is 14.1. The second-order valence-electron chi connectivity index (χ2n) is 4.65. The molecule has 2 rings (SSSR count). The summed E-state index contributed by atoms with van der Waals surface area (Å²) in [7, 11) is 0. The Morgan fingerprint density at radius 3 is 2.60 bits per heavy atom. The molecule has 2 aromatic rings. The monoisotopic (exact) mass is 269 g/mol. The molecule has 0 aliphatic rings. The number of nitrogens with one attached hydrogen (secondary N) is 1. The zero-order valence-corrected chi connectivity index (χ0v) is 11.8. The van der Waals surface area contributed by atoms with Crippen molar-refractivity contribution in [3.63, 3.8) is 0 Å². The van der Waals surface area contributed by atoms with E-state index < -0.39 is 0 Å². The maximum absolute atomic E-state index is 11.9. The van der Waals surface area contributed by atoms with Gasteiger partial charge in [-0.05, 0) is 42.7 Å². The fraction of sp³-hybridized carbons (Fsp3) is 0.235. The van der Waals surface area contributed by atoms with E-state index in [-0.39, 0.29) is 12.5 Å². The predicted molar refractivity (Wildman–Crippen MR) is 81.1 cm³/mol. The summed E-state index contributed by atoms with van der Waals surface area (Å²) in [5.41, 5.74) is 3.11. The van der Waals surface area contributed by atoms with Crippen LogP contribution in [0.3, 0.4) is 0 Å². The lowest BCUT2D eigenvalue weighted by atomic mass is 10.1. The molecule has 0 fully saturated rings. The Morgan fingerprint density at radius 1 is 1.15 bits per heavy atom. The van der Waals surface area contributed by atoms with Crippen LogP contribution in [0.1, 0.15) is 18.1 Å². The summed E-state index contributed by atoms with van der Waals surface area (Å²) in [6.45, 7) is 4.09. The SMILES string of the molecule is CCc1ccc(C)c(NC(=O)COc2ccccc2)c1. The fourth-order valence-corrected chi connectivity index (χ4v) is 1.88. The zero-order valence-electron chi connectivity index (χ0n) is 11.8. The van der Waals surface area contributed by atoms with Gasteiger partial charge in [-0.15, -0.1) is 0 Å². The van der Waals surface area contributed by atoms with Crippen LogP contribution in [0.4, 0.5) is 5.69 Å². The number of carbonyl (C=O) groups is 1. The highest BCUT2D eigenvalue weighted by atomic mass is 16.5. The van der Waals surface area contributed by atoms with E-state index in [1.54, 1.807) is 0 Å². The summed E-state index contributed by atoms with van der Waals surface area (Å²) >= 11 is 0. The van der Waals surface area contributed by atoms with E-state index in [2.05, 4.69) is 18.3 Å². The number of hydrogen-bond acceptors (Lipinski definition) is 2. The van der Waals surface area contributed by atoms with Crippen molar-refractivity contribution in [1.82, 2.24) is 0 Å². The van der Waals surface area contributed by atoms with E-state index in [0.717, 1.165) is 17.7 Å². The van der Waals surface area contributed by atoms with Gasteiger partial charge in [0.05, 0.1) is 0 Å². The topological polar surface area (TPSA) is 38.3 Å². The third-order valence-electron chi connectivity index (χ3n) is 3.10. The molecule has 3 nitrogen and oxygen atoms in total. The minimum absolute atomic E-state index is 0.0137. The number of hydrogen-bond donors (Lipinski definition) is 1. The molecule has 1 N–H and O–H groups in total. The van der Waals surface area contributed by atoms with Gasteiger partial charge in [0.15, 0.2) is 6.61 Å². The van der Waals surface area contributed by atoms with Crippen LogP contribution in [0.5, 0.6) is 5.75 Å². The van der Waals surface area contributed by atoms with Crippen LogP contribution in [-0.4, -0.2) is 12.5 Å². The number of benzene rings is 2. The lowest BCUT2D eigenvalue weighted by Gasteiger charge is -2.11. The van der Waals surface area contributed by atoms with Crippen molar-refractivity contribution < 1.29 is 9.53 Å². The van der Waals surface area contributed by atoms with Gasteiger partial charge in [0.2, 0.25) is 0 Å². The second kappa shape index (κ2) is 6.75. The molecular formula is C17H19NO2. The van der Waals surface area contributed by atoms with Gasteiger partial charge in [0.25, 0.3) is 5.91 Å². The smallest absolute Gasteiger partial charge is 0.262 e. The molecule has 2 aromatic carbocycles. The van der Waals surface area contributed by atoms with Gasteiger partial charge in [-0.1, -0.05) is 37.3 Å². The van der Waals surface area contributed by atoms with Gasteiger partial charge >= 0.3 is 0 Å². The Labute approximate surface area is 119 Å². The summed E-state index contributed by atoms with van der Waals surface area (Å²) in [4.78, 5) is 11.9. The van der Waals surface area contributed by atoms with E-state index in [1.165, 1.54) is 5.56 Å². The molecule has 1 amide bonds. The predicted octanol–water partition coefficient (Wildman–Crippen LogP) is 3.57. The second-order valence-corrected chi connectivity index (χ2v) is 4.65. The van der Waals surface area contributed by atoms with Gasteiger partial charge in [0, 0.05) is 5.69 Å². The van der Waals surface area contributed by atoms with Gasteiger partial charge in [0.1, 0.15) is 5.75 Å². The van der Waals surface area contributed by atoms with Crippen LogP contribution >= 0.6 is 0 Å². The molecule has 0 saturated carbocycles. The lowest BCUT2D eigenvalue weighted by molar-refractivity contribution is -0.118. The van der Waals surface area contributed by atoms with Crippen molar-refractivity contribution in [2.24, 2.45) is 0 Å². The van der Waals surface area contributed by atoms with E-state index >= 15 is 0 Å². The van der Waals surface area contributed by atoms with Gasteiger partial charge < -0.3 is 10.1 Å². The van der Waals surface area contributed by atoms with Crippen LogP contribution in [-0.2, 0) is 11.2 Å². The van der Waals surface area contributed by atoms with Crippen LogP contribution in [0.25, 0.3) is 0 Å². The van der Waals surface area contributed by atoms with Crippen molar-refractivity contribution in [2.45, 2.75) is 20.3 Å². The molecule has 0 unspecified atom stereocenters. The first-order chi connectivity index (χ1) is 9.69. The molecule has 0 heterocycles. The number of anilines is 1. The minimum Gasteiger partial charge on any atom is -0.484 e. The normalized spacial score (nSPS) is 10.1. The third-order valence-corrected chi connectivity index (χ3v) is 3.10. The summed E-state index contributed by atoms with van der Waals surface area (Å²) in [5, 5.41) is 2.89. The lowest BCUT2D eigenvalue weighted by Crippen LogP contribution is -2.20. The molecule has 3 heteroatoms. The molecule has 0 spiro atoms. The molecule has 0 radical (unpaired) electrons. The van der Waals surface area contributed by atoms with Crippen molar-refractivity contribution in [1.29, 1.82) is 0 Å². The molecule has 0 aromatic heterocycles. The maximum atomic E-state index is 11.9. The van der Waals surface area contributed by atoms with Crippen LogP contribution in [0.15, 0.2) is 48.5 Å². The fourth-order valence-electron chi connectivity index (χ4n) is 1.88. The van der Waals surface area contributed by atoms with Crippen molar-refractivity contribution in [3.05, 3.63) is 59.7 Å². The average Bonchev–Trinajstić information content (AvgIpc) is 2.48. The maximum Gasteiger partial charge on any atom is 0.262 e. The van der Waals surface area contributed by atoms with E-state index in [1.807, 2.05) is 49.4 Å². The van der Waals surface area contributed by atoms with E-state index in [9.17, 15) is 4.79 Å². The van der Waals surface area contributed by atoms with Crippen molar-refractivity contribution in [2.75, 3.05) is 11.9 Å². The highest BCUT2D eigenvalue weighted by molar-refractivity contribution is 5.92. The highest BCUT2D eigenvalue weighted by Crippen LogP contribution is 2.17. The quantitative estimate of drug-likeness (QED) is 0.901. The van der Waals surface area contributed by atoms with Crippen LogP contribution < -0.4 is 10.1 Å². The molecule has 0 aliphatic heterocycles. The summed E-state index contributed by atoms with van der Waals surface area (Å²) in [6, 6.07) is 15.4. The highest BCUT2D eigenvalue weighted by Gasteiger charge is 2.06. The van der Waals surface area contributed by atoms with Crippen LogP contribution in [0, 0.1) is 6.92 Å². The Morgan fingerprint density at radius 2 is 1.90 bits per heavy atom. The summed E-state index contributed by atoms with van der Waals surface area (Å²) < 4.78 is 5.42. The number of carbonyl (C=O) groups excluding carboxylic acids is 1. The third kappa shape index (κ3) is 3.85. The number of aryl methyl sites for hydroxylation is 2. The average molecular weight is 269 g/mol. The first-order valence-corrected chi connectivity index (χ1v) is 6.76. The minimum atomic E-state index is -0.148. The number of para-hydroxylation sites is 1. The molecule has 104 valence electrons. The molecule has 0 atom stereocenters. The largest absolute Gasteiger partial charge is 0.484 e. The summed E-state index contributed by atoms with van der Waals surface area (Å²) in [6.07, 6.45) is 0.948. The number of amides is 1. The van der Waals surface area contributed by atoms with Crippen molar-refractivity contribution >= 4 is 11.6 Å². The van der Waals surface area contributed by atoms with E-state index in [4.69, 9.17) is 4.74 Å². The standard InChI is InChI=1S/C17H19NO2/c1-3-14-10-9-13(2)16(11-14)18-17(19)12-20-15-7-5-4-6-8-15/h4-11H,3,12H2,1-2H3,(H,18,19). The first-order valence-electron chi connectivity index (χ1n) is 6.76. The van der Waals surface area contributed by atoms with Gasteiger partial charge in [-0.2, -0.15) is 0 Å². The number of ether oxygens (including phenoxy) is 1. The Balaban J connectivity index is 1.94. The Bertz CT molecular complexity index is 579. The van der Waals surface area contributed by atoms with Gasteiger partial charge in [-0.25, -0.2) is 0 Å². The summed E-state index contributed by atoms with van der Waals surface area (Å²) in [5.74, 6) is 0.548. The molecule has 20 heavy (non-hydrogen) atoms. The van der Waals surface area contributed by atoms with Crippen molar-refractivity contribution in [3.8, 4) is 5.75 Å². The van der Waals surface area contributed by atoms with E-state index in [0.29, 0.717) is 5.75 Å². The molecule has 0 bridgehead atoms. The molecule has 0 saturated heterocycles. The molecular weight excluding hydrogens is 250 g/mol. The Hall–Kier alpha value is -2.29. The Kier molecular flexibility index (Phi) is 4.77. The van der Waals surface area contributed by atoms with Crippen LogP contribution in [0.2, 0.25) is 0 Å². The number of rotatable bonds is 5. The van der Waals surface area contributed by atoms with Gasteiger partial charge in [-0.3, -0.25) is 4.79 Å². The molecule has 0 aliphatic carbocycles. The zero-order chi connectivity index (χ0) is 14.4.